The minimum atomic E-state index is -3.93. The zero-order valence-corrected chi connectivity index (χ0v) is 21.1. The van der Waals surface area contributed by atoms with Gasteiger partial charge in [0.25, 0.3) is 10.0 Å². The maximum atomic E-state index is 13.4. The van der Waals surface area contributed by atoms with Crippen LogP contribution in [0.2, 0.25) is 0 Å². The van der Waals surface area contributed by atoms with Gasteiger partial charge in [0.05, 0.1) is 20.8 Å². The fraction of sp³-hybridized carbons (Fsp3) is 0.0714. The van der Waals surface area contributed by atoms with Crippen molar-refractivity contribution in [3.63, 3.8) is 0 Å². The molecular formula is C28H23N3O3S2. The van der Waals surface area contributed by atoms with Gasteiger partial charge in [-0.2, -0.15) is 0 Å². The molecule has 0 aliphatic rings. The highest BCUT2D eigenvalue weighted by atomic mass is 32.2. The number of carbonyl (C=O) groups is 1. The van der Waals surface area contributed by atoms with E-state index in [1.54, 1.807) is 72.0 Å². The number of hydrogen-bond donors (Lipinski definition) is 1. The summed E-state index contributed by atoms with van der Waals surface area (Å²) >= 11 is 1.62. The summed E-state index contributed by atoms with van der Waals surface area (Å²) in [6.45, 7) is 1.69. The van der Waals surface area contributed by atoms with E-state index < -0.39 is 15.9 Å². The first-order valence-electron chi connectivity index (χ1n) is 11.3. The summed E-state index contributed by atoms with van der Waals surface area (Å²) in [6, 6.07) is 30.3. The van der Waals surface area contributed by atoms with E-state index >= 15 is 0 Å². The van der Waals surface area contributed by atoms with Gasteiger partial charge in [0, 0.05) is 11.3 Å². The molecule has 0 radical (unpaired) electrons. The van der Waals surface area contributed by atoms with Crippen molar-refractivity contribution < 1.29 is 13.2 Å². The first-order valence-corrected chi connectivity index (χ1v) is 13.6. The molecule has 0 aliphatic heterocycles. The third kappa shape index (κ3) is 5.00. The molecular weight excluding hydrogens is 490 g/mol. The van der Waals surface area contributed by atoms with Gasteiger partial charge in [-0.3, -0.25) is 9.10 Å². The number of fused-ring (bicyclic) bond motifs is 1. The first kappa shape index (κ1) is 23.7. The average Bonchev–Trinajstić information content (AvgIpc) is 3.32. The van der Waals surface area contributed by atoms with Crippen LogP contribution < -0.4 is 9.62 Å². The Kier molecular flexibility index (Phi) is 6.54. The van der Waals surface area contributed by atoms with E-state index in [-0.39, 0.29) is 11.4 Å². The number of aromatic nitrogens is 1. The van der Waals surface area contributed by atoms with Crippen LogP contribution in [0.25, 0.3) is 20.8 Å². The zero-order chi connectivity index (χ0) is 25.1. The SMILES string of the molecule is Cc1ccc2nc(-c3ccc(NC(=O)CN(c4ccccc4)S(=O)(=O)c4ccccc4)cc3)sc2c1. The number of amides is 1. The molecule has 8 heteroatoms. The lowest BCUT2D eigenvalue weighted by Crippen LogP contribution is -2.38. The smallest absolute Gasteiger partial charge is 0.264 e. The number of thiazole rings is 1. The number of sulfonamides is 1. The zero-order valence-electron chi connectivity index (χ0n) is 19.5. The summed E-state index contributed by atoms with van der Waals surface area (Å²) in [6.07, 6.45) is 0. The van der Waals surface area contributed by atoms with Gasteiger partial charge in [0.1, 0.15) is 11.6 Å². The molecule has 36 heavy (non-hydrogen) atoms. The predicted octanol–water partition coefficient (Wildman–Crippen LogP) is 6.11. The predicted molar refractivity (Wildman–Crippen MR) is 146 cm³/mol. The Labute approximate surface area is 213 Å². The number of benzene rings is 4. The van der Waals surface area contributed by atoms with Crippen molar-refractivity contribution in [1.29, 1.82) is 0 Å². The normalized spacial score (nSPS) is 11.4. The fourth-order valence-electron chi connectivity index (χ4n) is 3.81. The number of nitrogens with zero attached hydrogens (tertiary/aromatic N) is 2. The molecule has 5 rings (SSSR count). The Morgan fingerprint density at radius 1 is 0.889 bits per heavy atom. The van der Waals surface area contributed by atoms with Crippen molar-refractivity contribution in [3.8, 4) is 10.6 Å². The number of anilines is 2. The minimum Gasteiger partial charge on any atom is -0.325 e. The van der Waals surface area contributed by atoms with E-state index in [0.717, 1.165) is 25.1 Å². The molecule has 0 saturated carbocycles. The lowest BCUT2D eigenvalue weighted by Gasteiger charge is -2.24. The third-order valence-corrected chi connectivity index (χ3v) is 8.48. The van der Waals surface area contributed by atoms with Gasteiger partial charge in [0.15, 0.2) is 0 Å². The maximum absolute atomic E-state index is 13.4. The van der Waals surface area contributed by atoms with Crippen LogP contribution in [-0.4, -0.2) is 25.9 Å². The number of aryl methyl sites for hydroxylation is 1. The Morgan fingerprint density at radius 3 is 2.25 bits per heavy atom. The fourth-order valence-corrected chi connectivity index (χ4v) is 6.32. The highest BCUT2D eigenvalue weighted by Gasteiger charge is 2.27. The van der Waals surface area contributed by atoms with E-state index in [9.17, 15) is 13.2 Å². The van der Waals surface area contributed by atoms with Crippen molar-refractivity contribution in [2.75, 3.05) is 16.2 Å². The third-order valence-electron chi connectivity index (χ3n) is 5.62. The Bertz CT molecular complexity index is 1620. The minimum absolute atomic E-state index is 0.122. The van der Waals surface area contributed by atoms with Gasteiger partial charge >= 0.3 is 0 Å². The molecule has 1 heterocycles. The van der Waals surface area contributed by atoms with Crippen molar-refractivity contribution >= 4 is 48.9 Å². The van der Waals surface area contributed by atoms with Gasteiger partial charge in [0.2, 0.25) is 5.91 Å². The maximum Gasteiger partial charge on any atom is 0.264 e. The average molecular weight is 514 g/mol. The van der Waals surface area contributed by atoms with Crippen LogP contribution >= 0.6 is 11.3 Å². The Hall–Kier alpha value is -4.01. The second kappa shape index (κ2) is 9.93. The molecule has 1 N–H and O–H groups in total. The number of nitrogens with one attached hydrogen (secondary N) is 1. The molecule has 1 aromatic heterocycles. The molecule has 0 saturated heterocycles. The highest BCUT2D eigenvalue weighted by Crippen LogP contribution is 2.31. The lowest BCUT2D eigenvalue weighted by molar-refractivity contribution is -0.114. The summed E-state index contributed by atoms with van der Waals surface area (Å²) in [4.78, 5) is 17.8. The van der Waals surface area contributed by atoms with Crippen LogP contribution in [0.1, 0.15) is 5.56 Å². The molecule has 0 aliphatic carbocycles. The van der Waals surface area contributed by atoms with Crippen LogP contribution in [0.4, 0.5) is 11.4 Å². The molecule has 0 unspecified atom stereocenters. The van der Waals surface area contributed by atoms with E-state index in [2.05, 4.69) is 18.3 Å². The molecule has 4 aromatic carbocycles. The van der Waals surface area contributed by atoms with Crippen LogP contribution in [0, 0.1) is 6.92 Å². The van der Waals surface area contributed by atoms with Crippen LogP contribution in [-0.2, 0) is 14.8 Å². The molecule has 5 aromatic rings. The summed E-state index contributed by atoms with van der Waals surface area (Å²) in [5.74, 6) is -0.443. The second-order valence-electron chi connectivity index (χ2n) is 8.28. The largest absolute Gasteiger partial charge is 0.325 e. The molecule has 0 fully saturated rings. The quantitative estimate of drug-likeness (QED) is 0.285. The van der Waals surface area contributed by atoms with Gasteiger partial charge in [-0.05, 0) is 73.2 Å². The first-order chi connectivity index (χ1) is 17.4. The number of para-hydroxylation sites is 1. The van der Waals surface area contributed by atoms with Gasteiger partial charge in [-0.25, -0.2) is 13.4 Å². The molecule has 0 bridgehead atoms. The van der Waals surface area contributed by atoms with Gasteiger partial charge in [-0.15, -0.1) is 11.3 Å². The monoisotopic (exact) mass is 513 g/mol. The van der Waals surface area contributed by atoms with Crippen LogP contribution in [0.5, 0.6) is 0 Å². The van der Waals surface area contributed by atoms with Crippen molar-refractivity contribution in [1.82, 2.24) is 4.98 Å². The second-order valence-corrected chi connectivity index (χ2v) is 11.2. The van der Waals surface area contributed by atoms with E-state index in [0.29, 0.717) is 11.4 Å². The molecule has 0 spiro atoms. The standard InChI is InChI=1S/C28H23N3O3S2/c1-20-12-17-25-26(18-20)35-28(30-25)21-13-15-22(16-14-21)29-27(32)19-31(23-8-4-2-5-9-23)36(33,34)24-10-6-3-7-11-24/h2-18H,19H2,1H3,(H,29,32). The van der Waals surface area contributed by atoms with E-state index in [1.807, 2.05) is 24.3 Å². The summed E-state index contributed by atoms with van der Waals surface area (Å²) in [5.41, 5.74) is 4.08. The van der Waals surface area contributed by atoms with E-state index in [1.165, 1.54) is 17.7 Å². The molecule has 1 amide bonds. The molecule has 180 valence electrons. The summed E-state index contributed by atoms with van der Waals surface area (Å²) in [7, 11) is -3.93. The molecule has 6 nitrogen and oxygen atoms in total. The summed E-state index contributed by atoms with van der Waals surface area (Å²) < 4.78 is 29.0. The van der Waals surface area contributed by atoms with Crippen molar-refractivity contribution in [2.24, 2.45) is 0 Å². The highest BCUT2D eigenvalue weighted by molar-refractivity contribution is 7.92. The molecule has 0 atom stereocenters. The number of rotatable bonds is 7. The Morgan fingerprint density at radius 2 is 1.56 bits per heavy atom. The van der Waals surface area contributed by atoms with Crippen molar-refractivity contribution in [3.05, 3.63) is 109 Å². The number of carbonyl (C=O) groups excluding carboxylic acids is 1. The Balaban J connectivity index is 1.35. The summed E-state index contributed by atoms with van der Waals surface area (Å²) in [5, 5.41) is 3.72. The van der Waals surface area contributed by atoms with Crippen molar-refractivity contribution in [2.45, 2.75) is 11.8 Å². The number of hydrogen-bond acceptors (Lipinski definition) is 5. The van der Waals surface area contributed by atoms with Gasteiger partial charge < -0.3 is 5.32 Å². The van der Waals surface area contributed by atoms with Gasteiger partial charge in [-0.1, -0.05) is 42.5 Å². The van der Waals surface area contributed by atoms with Crippen LogP contribution in [0.15, 0.2) is 108 Å². The van der Waals surface area contributed by atoms with Crippen LogP contribution in [0.3, 0.4) is 0 Å². The lowest BCUT2D eigenvalue weighted by atomic mass is 10.2. The topological polar surface area (TPSA) is 79.4 Å². The van der Waals surface area contributed by atoms with E-state index in [4.69, 9.17) is 4.98 Å².